The van der Waals surface area contributed by atoms with Gasteiger partial charge in [0.2, 0.25) is 5.24 Å². The number of hydrogen-bond acceptors (Lipinski definition) is 4. The van der Waals surface area contributed by atoms with Crippen LogP contribution in [0.2, 0.25) is 0 Å². The summed E-state index contributed by atoms with van der Waals surface area (Å²) in [4.78, 5) is 33.2. The molecule has 0 N–H and O–H groups in total. The van der Waals surface area contributed by atoms with E-state index in [4.69, 9.17) is 16.3 Å². The molecule has 6 heteroatoms. The molecule has 0 atom stereocenters. The van der Waals surface area contributed by atoms with E-state index in [-0.39, 0.29) is 37.9 Å². The Morgan fingerprint density at radius 2 is 1.11 bits per heavy atom. The summed E-state index contributed by atoms with van der Waals surface area (Å²) >= 11 is 4.87. The Hall–Kier alpha value is -0.823. The van der Waals surface area contributed by atoms with Crippen molar-refractivity contribution in [3.63, 3.8) is 0 Å². The molecule has 0 saturated heterocycles. The molecule has 0 aromatic rings. The number of Topliss-reactive ketones (excluding diaryl/α,β-unsaturated/α-hetero) is 1. The molecular formula is C30H44ClLiO4. The van der Waals surface area contributed by atoms with Crippen molar-refractivity contribution in [2.24, 2.45) is 47.3 Å². The van der Waals surface area contributed by atoms with Gasteiger partial charge in [-0.3, -0.25) is 9.59 Å². The van der Waals surface area contributed by atoms with Gasteiger partial charge in [0.15, 0.2) is 0 Å². The predicted molar refractivity (Wildman–Crippen MR) is 140 cm³/mol. The summed E-state index contributed by atoms with van der Waals surface area (Å²) in [6, 6.07) is 0. The van der Waals surface area contributed by atoms with Gasteiger partial charge in [-0.25, -0.2) is 4.79 Å². The summed E-state index contributed by atoms with van der Waals surface area (Å²) < 4.78 is 5.84. The van der Waals surface area contributed by atoms with E-state index in [0.29, 0.717) is 40.6 Å². The van der Waals surface area contributed by atoms with E-state index in [1.165, 1.54) is 64.2 Å². The summed E-state index contributed by atoms with van der Waals surface area (Å²) in [5.41, 5.74) is 0.709. The molecule has 8 fully saturated rings. The van der Waals surface area contributed by atoms with Crippen LogP contribution in [0.15, 0.2) is 24.3 Å². The van der Waals surface area contributed by atoms with Crippen LogP contribution in [0.4, 0.5) is 0 Å². The first-order chi connectivity index (χ1) is 16.0. The fourth-order valence-corrected chi connectivity index (χ4v) is 8.22. The van der Waals surface area contributed by atoms with Crippen molar-refractivity contribution >= 4 is 28.6 Å². The molecule has 8 aliphatic carbocycles. The van der Waals surface area contributed by atoms with Crippen molar-refractivity contribution in [3.8, 4) is 0 Å². The molecule has 4 nitrogen and oxygen atoms in total. The van der Waals surface area contributed by atoms with Crippen LogP contribution in [-0.2, 0) is 19.1 Å². The number of allylic oxidation sites excluding steroid dienone is 1. The molecule has 8 aliphatic rings. The predicted octanol–water partition coefficient (Wildman–Crippen LogP) is 4.11. The van der Waals surface area contributed by atoms with E-state index in [1.54, 1.807) is 13.8 Å². The van der Waals surface area contributed by atoms with E-state index in [2.05, 4.69) is 20.1 Å². The van der Waals surface area contributed by atoms with Gasteiger partial charge in [-0.1, -0.05) is 13.2 Å². The van der Waals surface area contributed by atoms with Crippen molar-refractivity contribution in [2.75, 3.05) is 0 Å². The van der Waals surface area contributed by atoms with Crippen molar-refractivity contribution in [3.05, 3.63) is 31.7 Å². The van der Waals surface area contributed by atoms with Crippen LogP contribution in [0.5, 0.6) is 0 Å². The molecule has 0 aromatic heterocycles. The van der Waals surface area contributed by atoms with E-state index >= 15 is 0 Å². The van der Waals surface area contributed by atoms with Crippen LogP contribution in [0, 0.1) is 54.8 Å². The van der Waals surface area contributed by atoms with E-state index < -0.39 is 5.24 Å². The molecule has 0 aliphatic heterocycles. The number of rotatable bonds is 3. The number of carbonyl (C=O) groups is 3. The zero-order valence-electron chi connectivity index (χ0n) is 23.1. The van der Waals surface area contributed by atoms with Gasteiger partial charge in [-0.2, -0.15) is 0 Å². The second-order valence-corrected chi connectivity index (χ2v) is 12.8. The maximum atomic E-state index is 11.8. The summed E-state index contributed by atoms with van der Waals surface area (Å²) in [6.45, 7) is 12.4. The second-order valence-electron chi connectivity index (χ2n) is 12.4. The molecule has 0 heterocycles. The van der Waals surface area contributed by atoms with Gasteiger partial charge in [0.25, 0.3) is 0 Å². The van der Waals surface area contributed by atoms with Crippen molar-refractivity contribution in [1.82, 2.24) is 0 Å². The molecule has 196 valence electrons. The van der Waals surface area contributed by atoms with Crippen LogP contribution in [0.25, 0.3) is 0 Å². The smallest absolute Gasteiger partial charge is 0.455 e. The Morgan fingerprint density at radius 1 is 0.778 bits per heavy atom. The molecule has 0 spiro atoms. The number of halogens is 1. The average molecular weight is 511 g/mol. The standard InChI is InChI=1S/C15H22O2.C10H14O.C4H5ClO.CH3.Li/c1-9(2)14(16)17-15(3)12-5-10-4-11(7-12)8-13(15)6-10;11-10-8-2-6-1-7(4-8)5-9(10)3-6;1-3(2)4(5)6;;/h10-13H,1,4-8H2,2-3H3;6-9H,1-5H2;1H2,2H3;1H3;/q;;;-1;+1. The number of carbonyl (C=O) groups excluding carboxylic acids is 3. The Labute approximate surface area is 235 Å². The second kappa shape index (κ2) is 12.4. The number of esters is 1. The van der Waals surface area contributed by atoms with Crippen LogP contribution >= 0.6 is 11.6 Å². The quantitative estimate of drug-likeness (QED) is 0.188. The third-order valence-electron chi connectivity index (χ3n) is 9.70. The minimum absolute atomic E-state index is 0. The van der Waals surface area contributed by atoms with E-state index in [1.807, 2.05) is 0 Å². The van der Waals surface area contributed by atoms with Crippen LogP contribution < -0.4 is 18.9 Å². The fourth-order valence-electron chi connectivity index (χ4n) is 8.22. The first-order valence-electron chi connectivity index (χ1n) is 13.2. The molecule has 0 aromatic carbocycles. The van der Waals surface area contributed by atoms with Gasteiger partial charge in [0.05, 0.1) is 0 Å². The van der Waals surface area contributed by atoms with Crippen molar-refractivity contribution < 1.29 is 38.0 Å². The van der Waals surface area contributed by atoms with Crippen LogP contribution in [0.3, 0.4) is 0 Å². The Balaban J connectivity index is 0.000000208. The molecule has 0 amide bonds. The average Bonchev–Trinajstić information content (AvgIpc) is 2.75. The Bertz CT molecular complexity index is 808. The fraction of sp³-hybridized carbons (Fsp3) is 0.733. The first-order valence-corrected chi connectivity index (χ1v) is 13.6. The number of hydrogen-bond donors (Lipinski definition) is 0. The maximum Gasteiger partial charge on any atom is 1.00 e. The van der Waals surface area contributed by atoms with Gasteiger partial charge in [0.1, 0.15) is 11.4 Å². The minimum Gasteiger partial charge on any atom is -0.455 e. The van der Waals surface area contributed by atoms with Gasteiger partial charge in [0, 0.05) is 23.0 Å². The molecule has 0 radical (unpaired) electrons. The topological polar surface area (TPSA) is 60.4 Å². The largest absolute Gasteiger partial charge is 1.00 e. The number of ketones is 1. The SMILES string of the molecule is C=C(C)C(=O)Cl.C=C(C)C(=O)OC1(C)C2CC3CC(C2)CC1C3.O=C1C2CC3CC(C2)CC1C3.[CH3-].[Li+]. The van der Waals surface area contributed by atoms with Crippen LogP contribution in [0.1, 0.15) is 85.0 Å². The molecule has 36 heavy (non-hydrogen) atoms. The molecule has 8 saturated carbocycles. The van der Waals surface area contributed by atoms with Crippen LogP contribution in [-0.4, -0.2) is 22.6 Å². The van der Waals surface area contributed by atoms with Gasteiger partial charge in [-0.05, 0) is 132 Å². The van der Waals surface area contributed by atoms with E-state index in [0.717, 1.165) is 23.7 Å². The maximum absolute atomic E-state index is 11.8. The summed E-state index contributed by atoms with van der Waals surface area (Å²) in [5, 5.41) is -0.463. The Morgan fingerprint density at radius 3 is 1.42 bits per heavy atom. The van der Waals surface area contributed by atoms with Gasteiger partial charge >= 0.3 is 24.8 Å². The van der Waals surface area contributed by atoms with Gasteiger partial charge in [-0.15, -0.1) is 0 Å². The van der Waals surface area contributed by atoms with Crippen molar-refractivity contribution in [2.45, 2.75) is 90.6 Å². The zero-order valence-corrected chi connectivity index (χ0v) is 23.9. The monoisotopic (exact) mass is 510 g/mol. The molecular weight excluding hydrogens is 467 g/mol. The zero-order chi connectivity index (χ0) is 24.8. The van der Waals surface area contributed by atoms with Gasteiger partial charge < -0.3 is 12.2 Å². The number of ether oxygens (including phenoxy) is 1. The normalized spacial score (nSPS) is 39.8. The minimum atomic E-state index is -0.463. The first kappa shape index (κ1) is 31.4. The summed E-state index contributed by atoms with van der Waals surface area (Å²) in [6.07, 6.45) is 12.9. The summed E-state index contributed by atoms with van der Waals surface area (Å²) in [5.74, 6) is 6.34. The summed E-state index contributed by atoms with van der Waals surface area (Å²) in [7, 11) is 0. The van der Waals surface area contributed by atoms with E-state index in [9.17, 15) is 14.4 Å². The molecule has 0 unspecified atom stereocenters. The molecule has 8 bridgehead atoms. The third-order valence-corrected chi connectivity index (χ3v) is 10.0. The third kappa shape index (κ3) is 6.59. The Kier molecular flexibility index (Phi) is 10.8. The van der Waals surface area contributed by atoms with Crippen molar-refractivity contribution in [1.29, 1.82) is 0 Å². The molecule has 8 rings (SSSR count).